The van der Waals surface area contributed by atoms with Crippen LogP contribution >= 0.6 is 34.5 Å². The van der Waals surface area contributed by atoms with E-state index in [1.54, 1.807) is 24.3 Å². The third-order valence-electron chi connectivity index (χ3n) is 6.72. The summed E-state index contributed by atoms with van der Waals surface area (Å²) in [5, 5.41) is 4.08. The molecule has 0 bridgehead atoms. The van der Waals surface area contributed by atoms with Gasteiger partial charge in [-0.15, -0.1) is 11.3 Å². The largest absolute Gasteiger partial charge is 0.385 e. The molecule has 4 aromatic rings. The topological polar surface area (TPSA) is 111 Å². The van der Waals surface area contributed by atoms with Gasteiger partial charge in [0.2, 0.25) is 0 Å². The van der Waals surface area contributed by atoms with E-state index in [-0.39, 0.29) is 21.2 Å². The molecule has 1 saturated heterocycles. The molecule has 0 aliphatic carbocycles. The van der Waals surface area contributed by atoms with Crippen molar-refractivity contribution >= 4 is 66.7 Å². The number of hydrogen-bond donors (Lipinski definition) is 1. The molecule has 1 aliphatic rings. The van der Waals surface area contributed by atoms with Crippen molar-refractivity contribution < 1.29 is 17.9 Å². The Morgan fingerprint density at radius 1 is 1.07 bits per heavy atom. The number of hydrogen-bond acceptors (Lipinski definition) is 9. The molecular weight excluding hydrogens is 607 g/mol. The van der Waals surface area contributed by atoms with E-state index in [0.29, 0.717) is 26.5 Å². The zero-order chi connectivity index (χ0) is 29.0. The lowest BCUT2D eigenvalue weighted by atomic mass is 10.1. The van der Waals surface area contributed by atoms with E-state index in [1.807, 2.05) is 12.1 Å². The quantitative estimate of drug-likeness (QED) is 0.241. The lowest BCUT2D eigenvalue weighted by Crippen LogP contribution is -2.37. The van der Waals surface area contributed by atoms with Crippen LogP contribution in [0.25, 0.3) is 16.6 Å². The maximum atomic E-state index is 13.3. The van der Waals surface area contributed by atoms with Gasteiger partial charge in [-0.25, -0.2) is 13.4 Å². The second-order valence-electron chi connectivity index (χ2n) is 9.70. The Hall–Kier alpha value is -2.80. The van der Waals surface area contributed by atoms with Gasteiger partial charge in [-0.1, -0.05) is 29.3 Å². The van der Waals surface area contributed by atoms with E-state index >= 15 is 0 Å². The molecular formula is C28H28Cl2N4O5S2. The monoisotopic (exact) mass is 634 g/mol. The summed E-state index contributed by atoms with van der Waals surface area (Å²) in [7, 11) is -3.77. The smallest absolute Gasteiger partial charge is 0.265 e. The second-order valence-corrected chi connectivity index (χ2v) is 14.0. The molecule has 3 heterocycles. The molecule has 0 saturated carbocycles. The fraction of sp³-hybridized carbons (Fsp3) is 0.321. The second kappa shape index (κ2) is 13.0. The highest BCUT2D eigenvalue weighted by Gasteiger charge is 2.22. The van der Waals surface area contributed by atoms with Crippen LogP contribution in [0.5, 0.6) is 0 Å². The van der Waals surface area contributed by atoms with Crippen LogP contribution in [0.4, 0.5) is 5.69 Å². The number of benzene rings is 2. The minimum atomic E-state index is -3.77. The fourth-order valence-corrected chi connectivity index (χ4v) is 7.75. The fourth-order valence-electron chi connectivity index (χ4n) is 4.65. The number of nitrogens with one attached hydrogen (secondary N) is 1. The van der Waals surface area contributed by atoms with E-state index in [2.05, 4.69) is 15.2 Å². The van der Waals surface area contributed by atoms with Gasteiger partial charge in [0.05, 0.1) is 39.2 Å². The average molecular weight is 636 g/mol. The number of fused-ring (bicyclic) bond motifs is 1. The summed E-state index contributed by atoms with van der Waals surface area (Å²) in [4.78, 5) is 32.7. The molecule has 216 valence electrons. The number of ether oxygens (including phenoxy) is 1. The number of ketones is 1. The molecule has 0 atom stereocenters. The molecule has 1 aliphatic heterocycles. The van der Waals surface area contributed by atoms with Crippen LogP contribution in [0, 0.1) is 0 Å². The lowest BCUT2D eigenvalue weighted by molar-refractivity contribution is -0.116. The normalized spacial score (nSPS) is 14.4. The van der Waals surface area contributed by atoms with Crippen LogP contribution in [0.3, 0.4) is 0 Å². The lowest BCUT2D eigenvalue weighted by Gasteiger charge is -2.26. The first-order valence-electron chi connectivity index (χ1n) is 13.0. The summed E-state index contributed by atoms with van der Waals surface area (Å²) < 4.78 is 32.1. The Morgan fingerprint density at radius 2 is 1.88 bits per heavy atom. The van der Waals surface area contributed by atoms with Crippen LogP contribution in [-0.4, -0.2) is 73.8 Å². The van der Waals surface area contributed by atoms with Crippen LogP contribution < -0.4 is 10.9 Å². The first-order valence-corrected chi connectivity index (χ1v) is 16.3. The predicted molar refractivity (Wildman–Crippen MR) is 163 cm³/mol. The van der Waals surface area contributed by atoms with Crippen molar-refractivity contribution in [2.75, 3.05) is 50.5 Å². The predicted octanol–water partition coefficient (Wildman–Crippen LogP) is 4.47. The van der Waals surface area contributed by atoms with Crippen molar-refractivity contribution in [2.45, 2.75) is 17.1 Å². The minimum absolute atomic E-state index is 0.0547. The molecule has 2 aromatic heterocycles. The zero-order valence-corrected chi connectivity index (χ0v) is 25.2. The van der Waals surface area contributed by atoms with Gasteiger partial charge in [0, 0.05) is 31.7 Å². The molecule has 2 aromatic carbocycles. The van der Waals surface area contributed by atoms with Gasteiger partial charge in [-0.2, -0.15) is 0 Å². The van der Waals surface area contributed by atoms with Crippen molar-refractivity contribution in [2.24, 2.45) is 0 Å². The van der Waals surface area contributed by atoms with Crippen molar-refractivity contribution in [1.82, 2.24) is 14.5 Å². The number of Topliss-reactive ketones (excluding diaryl/α,β-unsaturated/α-hetero) is 1. The number of halogens is 2. The standard InChI is InChI=1S/C28H28Cl2N4O5S2/c29-23-15-19(14-21(35)17-41(37,38)27-7-6-26(30)40-27)2-5-25(23)34-18-32-24-16-20(3-4-22(24)28(34)36)31-8-1-9-33-10-12-39-13-11-33/h2-7,15-16,18,31H,1,8-14,17H2. The van der Waals surface area contributed by atoms with E-state index < -0.39 is 21.4 Å². The first kappa shape index (κ1) is 29.7. The van der Waals surface area contributed by atoms with E-state index in [4.69, 9.17) is 27.9 Å². The molecule has 0 unspecified atom stereocenters. The molecule has 41 heavy (non-hydrogen) atoms. The summed E-state index contributed by atoms with van der Waals surface area (Å²) in [6, 6.07) is 13.2. The van der Waals surface area contributed by atoms with E-state index in [1.165, 1.54) is 23.0 Å². The van der Waals surface area contributed by atoms with Gasteiger partial charge in [0.1, 0.15) is 16.3 Å². The Bertz CT molecular complexity index is 1730. The highest BCUT2D eigenvalue weighted by molar-refractivity contribution is 7.94. The van der Waals surface area contributed by atoms with Gasteiger partial charge < -0.3 is 10.1 Å². The number of nitrogens with zero attached hydrogens (tertiary/aromatic N) is 3. The summed E-state index contributed by atoms with van der Waals surface area (Å²) in [5.41, 5.74) is 2.12. The number of carbonyl (C=O) groups excluding carboxylic acids is 1. The minimum Gasteiger partial charge on any atom is -0.385 e. The van der Waals surface area contributed by atoms with E-state index in [0.717, 1.165) is 62.8 Å². The number of carbonyl (C=O) groups is 1. The van der Waals surface area contributed by atoms with Gasteiger partial charge in [0.25, 0.3) is 5.56 Å². The van der Waals surface area contributed by atoms with Crippen molar-refractivity contribution in [3.8, 4) is 5.69 Å². The summed E-state index contributed by atoms with van der Waals surface area (Å²) in [5.74, 6) is -1.12. The molecule has 13 heteroatoms. The summed E-state index contributed by atoms with van der Waals surface area (Å²) in [6.07, 6.45) is 2.30. The third kappa shape index (κ3) is 7.35. The molecule has 1 N–H and O–H groups in total. The van der Waals surface area contributed by atoms with Gasteiger partial charge in [-0.3, -0.25) is 19.1 Å². The van der Waals surface area contributed by atoms with Crippen LogP contribution in [0.2, 0.25) is 9.36 Å². The van der Waals surface area contributed by atoms with Crippen LogP contribution in [0.15, 0.2) is 63.9 Å². The SMILES string of the molecule is O=C(Cc1ccc(-n2cnc3cc(NCCCN4CCOCC4)ccc3c2=O)c(Cl)c1)CS(=O)(=O)c1ccc(Cl)s1. The van der Waals surface area contributed by atoms with Gasteiger partial charge in [-0.05, 0) is 61.0 Å². The number of anilines is 1. The maximum absolute atomic E-state index is 13.3. The number of sulfone groups is 1. The Balaban J connectivity index is 1.24. The van der Waals surface area contributed by atoms with Crippen LogP contribution in [-0.2, 0) is 25.8 Å². The van der Waals surface area contributed by atoms with Crippen molar-refractivity contribution in [3.63, 3.8) is 0 Å². The first-order chi connectivity index (χ1) is 19.7. The number of aromatic nitrogens is 2. The molecule has 1 fully saturated rings. The Kier molecular flexibility index (Phi) is 9.42. The summed E-state index contributed by atoms with van der Waals surface area (Å²) >= 11 is 13.2. The highest BCUT2D eigenvalue weighted by Crippen LogP contribution is 2.27. The highest BCUT2D eigenvalue weighted by atomic mass is 35.5. The molecule has 9 nitrogen and oxygen atoms in total. The zero-order valence-electron chi connectivity index (χ0n) is 22.0. The molecule has 0 amide bonds. The summed E-state index contributed by atoms with van der Waals surface area (Å²) in [6.45, 7) is 5.31. The molecule has 0 spiro atoms. The third-order valence-corrected chi connectivity index (χ3v) is 10.5. The maximum Gasteiger partial charge on any atom is 0.265 e. The Morgan fingerprint density at radius 3 is 2.61 bits per heavy atom. The van der Waals surface area contributed by atoms with E-state index in [9.17, 15) is 18.0 Å². The van der Waals surface area contributed by atoms with Crippen LogP contribution in [0.1, 0.15) is 12.0 Å². The molecule has 5 rings (SSSR count). The molecule has 0 radical (unpaired) electrons. The Labute approximate surface area is 251 Å². The van der Waals surface area contributed by atoms with Gasteiger partial charge >= 0.3 is 0 Å². The van der Waals surface area contributed by atoms with Crippen molar-refractivity contribution in [1.29, 1.82) is 0 Å². The number of rotatable bonds is 11. The number of thiophene rings is 1. The number of morpholine rings is 1. The van der Waals surface area contributed by atoms with Crippen molar-refractivity contribution in [3.05, 3.63) is 80.1 Å². The van der Waals surface area contributed by atoms with Gasteiger partial charge in [0.15, 0.2) is 15.6 Å². The average Bonchev–Trinajstić information content (AvgIpc) is 3.39.